The Balaban J connectivity index is 1.86. The zero-order chi connectivity index (χ0) is 19.6. The second kappa shape index (κ2) is 9.72. The van der Waals surface area contributed by atoms with Crippen LogP contribution in [0.2, 0.25) is 0 Å². The summed E-state index contributed by atoms with van der Waals surface area (Å²) in [5, 5.41) is 15.4. The molecule has 0 bridgehead atoms. The van der Waals surface area contributed by atoms with E-state index in [1.54, 1.807) is 18.3 Å². The molecule has 138 valence electrons. The number of rotatable bonds is 6. The maximum atomic E-state index is 8.91. The van der Waals surface area contributed by atoms with E-state index >= 15 is 0 Å². The van der Waals surface area contributed by atoms with Crippen LogP contribution in [-0.4, -0.2) is 16.5 Å². The highest BCUT2D eigenvalue weighted by Crippen LogP contribution is 2.21. The summed E-state index contributed by atoms with van der Waals surface area (Å²) in [6.45, 7) is 0.619. The third kappa shape index (κ3) is 5.31. The van der Waals surface area contributed by atoms with Gasteiger partial charge in [0.05, 0.1) is 23.4 Å². The lowest BCUT2D eigenvalue weighted by atomic mass is 10.2. The fourth-order valence-corrected chi connectivity index (χ4v) is 2.39. The first-order valence-corrected chi connectivity index (χ1v) is 8.94. The van der Waals surface area contributed by atoms with E-state index in [0.29, 0.717) is 29.4 Å². The molecule has 4 N–H and O–H groups in total. The smallest absolute Gasteiger partial charge is 0.229 e. The van der Waals surface area contributed by atoms with E-state index in [-0.39, 0.29) is 0 Å². The Bertz CT molecular complexity index is 1010. The highest BCUT2D eigenvalue weighted by molar-refractivity contribution is 5.65. The normalized spacial score (nSPS) is 9.71. The number of nitrogens with two attached hydrogens (primary N) is 1. The second-order valence-electron chi connectivity index (χ2n) is 5.96. The Morgan fingerprint density at radius 3 is 2.43 bits per heavy atom. The van der Waals surface area contributed by atoms with Gasteiger partial charge in [-0.05, 0) is 49.4 Å². The zero-order valence-electron chi connectivity index (χ0n) is 15.3. The van der Waals surface area contributed by atoms with Crippen LogP contribution < -0.4 is 16.4 Å². The third-order valence-corrected chi connectivity index (χ3v) is 3.82. The first-order valence-electron chi connectivity index (χ1n) is 8.94. The van der Waals surface area contributed by atoms with E-state index in [0.717, 1.165) is 24.2 Å². The van der Waals surface area contributed by atoms with Gasteiger partial charge in [-0.2, -0.15) is 10.2 Å². The summed E-state index contributed by atoms with van der Waals surface area (Å²) in [4.78, 5) is 8.94. The standard InChI is InChI=1S/C22H20N6/c23-14-6-2-3-7-18-16-25-22(27-20-12-10-17(15-24)11-13-20)28-21(18)26-19-8-4-1-5-9-19/h1,4-5,8-13,16H,2,6,14,23H2,(H2,25,26,27,28). The summed E-state index contributed by atoms with van der Waals surface area (Å²) >= 11 is 0. The molecule has 6 nitrogen and oxygen atoms in total. The van der Waals surface area contributed by atoms with Gasteiger partial charge in [-0.3, -0.25) is 0 Å². The predicted molar refractivity (Wildman–Crippen MR) is 111 cm³/mol. The van der Waals surface area contributed by atoms with Gasteiger partial charge < -0.3 is 16.4 Å². The Morgan fingerprint density at radius 1 is 0.964 bits per heavy atom. The van der Waals surface area contributed by atoms with Gasteiger partial charge in [0.15, 0.2) is 5.82 Å². The average molecular weight is 368 g/mol. The molecule has 3 rings (SSSR count). The molecular weight excluding hydrogens is 348 g/mol. The SMILES string of the molecule is N#Cc1ccc(Nc2ncc(C#CCCCN)c(Nc3ccccc3)n2)cc1. The Kier molecular flexibility index (Phi) is 6.57. The number of nitriles is 1. The van der Waals surface area contributed by atoms with Crippen molar-refractivity contribution in [2.45, 2.75) is 12.8 Å². The summed E-state index contributed by atoms with van der Waals surface area (Å²) < 4.78 is 0. The first-order chi connectivity index (χ1) is 13.8. The topological polar surface area (TPSA) is 99.7 Å². The summed E-state index contributed by atoms with van der Waals surface area (Å²) in [5.74, 6) is 7.29. The minimum atomic E-state index is 0.440. The third-order valence-electron chi connectivity index (χ3n) is 3.82. The van der Waals surface area contributed by atoms with Crippen LogP contribution in [0.3, 0.4) is 0 Å². The van der Waals surface area contributed by atoms with Crippen LogP contribution in [0, 0.1) is 23.2 Å². The lowest BCUT2D eigenvalue weighted by Gasteiger charge is -2.10. The van der Waals surface area contributed by atoms with Gasteiger partial charge >= 0.3 is 0 Å². The largest absolute Gasteiger partial charge is 0.339 e. The number of nitrogens with one attached hydrogen (secondary N) is 2. The van der Waals surface area contributed by atoms with Crippen molar-refractivity contribution >= 4 is 23.1 Å². The van der Waals surface area contributed by atoms with Crippen LogP contribution in [0.1, 0.15) is 24.0 Å². The molecule has 0 saturated heterocycles. The van der Waals surface area contributed by atoms with Crippen molar-refractivity contribution in [3.8, 4) is 17.9 Å². The summed E-state index contributed by atoms with van der Waals surface area (Å²) in [6.07, 6.45) is 3.28. The molecule has 6 heteroatoms. The lowest BCUT2D eigenvalue weighted by molar-refractivity contribution is 0.870. The maximum Gasteiger partial charge on any atom is 0.229 e. The van der Waals surface area contributed by atoms with E-state index in [1.165, 1.54) is 0 Å². The van der Waals surface area contributed by atoms with Gasteiger partial charge in [-0.15, -0.1) is 0 Å². The van der Waals surface area contributed by atoms with Crippen LogP contribution in [0.15, 0.2) is 60.8 Å². The number of hydrogen-bond acceptors (Lipinski definition) is 6. The molecule has 0 aliphatic rings. The summed E-state index contributed by atoms with van der Waals surface area (Å²) in [7, 11) is 0. The van der Waals surface area contributed by atoms with E-state index < -0.39 is 0 Å². The minimum Gasteiger partial charge on any atom is -0.339 e. The van der Waals surface area contributed by atoms with Crippen LogP contribution in [-0.2, 0) is 0 Å². The number of para-hydroxylation sites is 1. The fourth-order valence-electron chi connectivity index (χ4n) is 2.39. The predicted octanol–water partition coefficient (Wildman–Crippen LogP) is 3.93. The van der Waals surface area contributed by atoms with Gasteiger partial charge in [-0.25, -0.2) is 4.98 Å². The molecule has 28 heavy (non-hydrogen) atoms. The quantitative estimate of drug-likeness (QED) is 0.450. The number of benzene rings is 2. The van der Waals surface area contributed by atoms with Crippen molar-refractivity contribution in [3.05, 3.63) is 71.9 Å². The van der Waals surface area contributed by atoms with E-state index in [2.05, 4.69) is 38.5 Å². The lowest BCUT2D eigenvalue weighted by Crippen LogP contribution is -2.03. The van der Waals surface area contributed by atoms with Crippen molar-refractivity contribution < 1.29 is 0 Å². The molecule has 2 aromatic carbocycles. The number of aromatic nitrogens is 2. The molecule has 0 amide bonds. The van der Waals surface area contributed by atoms with Crippen LogP contribution in [0.4, 0.5) is 23.1 Å². The number of anilines is 4. The molecule has 1 heterocycles. The van der Waals surface area contributed by atoms with Crippen LogP contribution in [0.25, 0.3) is 0 Å². The molecule has 0 unspecified atom stereocenters. The van der Waals surface area contributed by atoms with Crippen LogP contribution in [0.5, 0.6) is 0 Å². The van der Waals surface area contributed by atoms with Gasteiger partial charge in [0.25, 0.3) is 0 Å². The molecule has 0 spiro atoms. The minimum absolute atomic E-state index is 0.440. The van der Waals surface area contributed by atoms with E-state index in [4.69, 9.17) is 11.0 Å². The Hall–Kier alpha value is -3.87. The molecular formula is C22H20N6. The number of unbranched alkanes of at least 4 members (excludes halogenated alkanes) is 1. The Morgan fingerprint density at radius 2 is 1.71 bits per heavy atom. The van der Waals surface area contributed by atoms with Crippen molar-refractivity contribution in [2.75, 3.05) is 17.2 Å². The van der Waals surface area contributed by atoms with Gasteiger partial charge in [0.1, 0.15) is 0 Å². The van der Waals surface area contributed by atoms with Crippen molar-refractivity contribution in [2.24, 2.45) is 5.73 Å². The summed E-state index contributed by atoms with van der Waals surface area (Å²) in [6, 6.07) is 19.0. The molecule has 1 aromatic heterocycles. The highest BCUT2D eigenvalue weighted by atomic mass is 15.1. The Labute approximate surface area is 164 Å². The molecule has 0 aliphatic carbocycles. The monoisotopic (exact) mass is 368 g/mol. The highest BCUT2D eigenvalue weighted by Gasteiger charge is 2.07. The maximum absolute atomic E-state index is 8.91. The average Bonchev–Trinajstić information content (AvgIpc) is 2.74. The number of hydrogen-bond donors (Lipinski definition) is 3. The van der Waals surface area contributed by atoms with Crippen molar-refractivity contribution in [3.63, 3.8) is 0 Å². The zero-order valence-corrected chi connectivity index (χ0v) is 15.3. The van der Waals surface area contributed by atoms with Gasteiger partial charge in [-0.1, -0.05) is 30.0 Å². The number of nitrogens with zero attached hydrogens (tertiary/aromatic N) is 3. The molecule has 0 atom stereocenters. The van der Waals surface area contributed by atoms with Crippen LogP contribution >= 0.6 is 0 Å². The van der Waals surface area contributed by atoms with Gasteiger partial charge in [0.2, 0.25) is 5.95 Å². The van der Waals surface area contributed by atoms with Crippen molar-refractivity contribution in [1.29, 1.82) is 5.26 Å². The molecule has 3 aromatic rings. The van der Waals surface area contributed by atoms with Gasteiger partial charge in [0, 0.05) is 17.8 Å². The molecule has 0 saturated carbocycles. The van der Waals surface area contributed by atoms with E-state index in [1.807, 2.05) is 42.5 Å². The van der Waals surface area contributed by atoms with Crippen molar-refractivity contribution in [1.82, 2.24) is 9.97 Å². The second-order valence-corrected chi connectivity index (χ2v) is 5.96. The summed E-state index contributed by atoms with van der Waals surface area (Å²) in [5.41, 5.74) is 8.54. The fraction of sp³-hybridized carbons (Fsp3) is 0.136. The van der Waals surface area contributed by atoms with E-state index in [9.17, 15) is 0 Å². The molecule has 0 fully saturated rings. The molecule has 0 aliphatic heterocycles. The molecule has 0 radical (unpaired) electrons. The first kappa shape index (κ1) is 18.9.